The average Bonchev–Trinajstić information content (AvgIpc) is 3.23. The molecule has 8 heteroatoms. The third-order valence-electron chi connectivity index (χ3n) is 5.28. The molecule has 0 aliphatic carbocycles. The number of nitrogens with zero attached hydrogens (tertiary/aromatic N) is 4. The smallest absolute Gasteiger partial charge is 0.305 e. The molecule has 162 valence electrons. The topological polar surface area (TPSA) is 102 Å². The standard InChI is InChI=1S/C21H35N5O3/c1-5-6-7-8-9-10-11-12-13-14-17(27)29-15-21(3,4)20-23-22-19-18(25-28)16(2)24-26(19)20/h24H,5-15H2,1-4H3. The lowest BCUT2D eigenvalue weighted by molar-refractivity contribution is -0.145. The molecule has 0 atom stereocenters. The summed E-state index contributed by atoms with van der Waals surface area (Å²) in [5, 5.41) is 14.3. The summed E-state index contributed by atoms with van der Waals surface area (Å²) in [5.74, 6) is 0.418. The number of hydrogen-bond donors (Lipinski definition) is 1. The van der Waals surface area contributed by atoms with E-state index in [9.17, 15) is 9.70 Å². The summed E-state index contributed by atoms with van der Waals surface area (Å²) in [5.41, 5.74) is 0.721. The number of carbonyl (C=O) groups is 1. The monoisotopic (exact) mass is 405 g/mol. The summed E-state index contributed by atoms with van der Waals surface area (Å²) in [6.07, 6.45) is 11.4. The Morgan fingerprint density at radius 2 is 1.69 bits per heavy atom. The molecule has 2 heterocycles. The van der Waals surface area contributed by atoms with E-state index in [0.717, 1.165) is 12.8 Å². The fourth-order valence-corrected chi connectivity index (χ4v) is 3.46. The molecule has 8 nitrogen and oxygen atoms in total. The molecule has 0 bridgehead atoms. The van der Waals surface area contributed by atoms with Crippen LogP contribution in [-0.2, 0) is 14.9 Å². The van der Waals surface area contributed by atoms with Gasteiger partial charge in [-0.15, -0.1) is 15.1 Å². The van der Waals surface area contributed by atoms with Gasteiger partial charge in [-0.1, -0.05) is 58.3 Å². The molecular weight excluding hydrogens is 370 g/mol. The molecule has 0 radical (unpaired) electrons. The number of ether oxygens (including phenoxy) is 1. The maximum Gasteiger partial charge on any atom is 0.305 e. The molecule has 0 spiro atoms. The summed E-state index contributed by atoms with van der Waals surface area (Å²) in [6, 6.07) is 0. The van der Waals surface area contributed by atoms with Gasteiger partial charge in [0.05, 0.1) is 11.1 Å². The Bertz CT molecular complexity index is 794. The lowest BCUT2D eigenvalue weighted by atomic mass is 9.94. The first-order valence-corrected chi connectivity index (χ1v) is 10.8. The van der Waals surface area contributed by atoms with E-state index in [0.29, 0.717) is 23.6 Å². The van der Waals surface area contributed by atoms with Crippen molar-refractivity contribution in [3.63, 3.8) is 0 Å². The van der Waals surface area contributed by atoms with Crippen molar-refractivity contribution in [2.24, 2.45) is 5.18 Å². The van der Waals surface area contributed by atoms with E-state index in [-0.39, 0.29) is 18.3 Å². The van der Waals surface area contributed by atoms with Crippen LogP contribution in [0.5, 0.6) is 0 Å². The number of unbranched alkanes of at least 4 members (excludes halogenated alkanes) is 8. The van der Waals surface area contributed by atoms with Gasteiger partial charge in [0.25, 0.3) is 0 Å². The predicted molar refractivity (Wildman–Crippen MR) is 113 cm³/mol. The number of esters is 1. The van der Waals surface area contributed by atoms with Gasteiger partial charge in [0.1, 0.15) is 6.61 Å². The van der Waals surface area contributed by atoms with E-state index in [4.69, 9.17) is 4.74 Å². The highest BCUT2D eigenvalue weighted by molar-refractivity contribution is 5.69. The van der Waals surface area contributed by atoms with Crippen LogP contribution >= 0.6 is 0 Å². The van der Waals surface area contributed by atoms with E-state index < -0.39 is 5.41 Å². The SMILES string of the molecule is CCCCCCCCCCCC(=O)OCC(C)(C)c1nnc2c(N=O)c(C)[nH]n12. The molecule has 0 saturated carbocycles. The molecule has 0 fully saturated rings. The molecule has 2 rings (SSSR count). The minimum absolute atomic E-state index is 0.181. The van der Waals surface area contributed by atoms with E-state index in [1.165, 1.54) is 44.9 Å². The fraction of sp³-hybridized carbons (Fsp3) is 0.762. The Morgan fingerprint density at radius 1 is 1.07 bits per heavy atom. The van der Waals surface area contributed by atoms with Gasteiger partial charge in [0, 0.05) is 6.42 Å². The molecule has 0 aromatic carbocycles. The maximum absolute atomic E-state index is 12.1. The normalized spacial score (nSPS) is 11.9. The molecule has 0 amide bonds. The number of aromatic nitrogens is 4. The maximum atomic E-state index is 12.1. The minimum atomic E-state index is -0.551. The van der Waals surface area contributed by atoms with E-state index in [1.54, 1.807) is 11.4 Å². The van der Waals surface area contributed by atoms with Crippen LogP contribution < -0.4 is 0 Å². The zero-order chi connectivity index (χ0) is 21.3. The van der Waals surface area contributed by atoms with Crippen molar-refractivity contribution in [1.82, 2.24) is 19.8 Å². The van der Waals surface area contributed by atoms with E-state index >= 15 is 0 Å². The summed E-state index contributed by atoms with van der Waals surface area (Å²) in [7, 11) is 0. The van der Waals surface area contributed by atoms with E-state index in [1.807, 2.05) is 13.8 Å². The number of nitrogens with one attached hydrogen (secondary N) is 1. The van der Waals surface area contributed by atoms with Gasteiger partial charge < -0.3 is 4.74 Å². The van der Waals surface area contributed by atoms with Gasteiger partial charge in [-0.3, -0.25) is 9.89 Å². The quantitative estimate of drug-likeness (QED) is 0.254. The fourth-order valence-electron chi connectivity index (χ4n) is 3.46. The van der Waals surface area contributed by atoms with Crippen LogP contribution in [0.3, 0.4) is 0 Å². The van der Waals surface area contributed by atoms with Gasteiger partial charge in [-0.05, 0) is 32.4 Å². The first-order chi connectivity index (χ1) is 13.9. The van der Waals surface area contributed by atoms with Crippen LogP contribution in [0, 0.1) is 11.8 Å². The van der Waals surface area contributed by atoms with Crippen molar-refractivity contribution in [3.8, 4) is 0 Å². The van der Waals surface area contributed by atoms with Crippen molar-refractivity contribution in [3.05, 3.63) is 16.4 Å². The Morgan fingerprint density at radius 3 is 2.31 bits per heavy atom. The predicted octanol–water partition coefficient (Wildman–Crippen LogP) is 5.51. The number of fused-ring (bicyclic) bond motifs is 1. The number of carbonyl (C=O) groups excluding carboxylic acids is 1. The van der Waals surface area contributed by atoms with Crippen LogP contribution in [0.25, 0.3) is 5.65 Å². The molecule has 0 unspecified atom stereocenters. The summed E-state index contributed by atoms with van der Waals surface area (Å²) >= 11 is 0. The summed E-state index contributed by atoms with van der Waals surface area (Å²) in [4.78, 5) is 23.1. The molecule has 0 aliphatic rings. The Balaban J connectivity index is 1.72. The second-order valence-electron chi connectivity index (χ2n) is 8.48. The Kier molecular flexibility index (Phi) is 8.79. The van der Waals surface area contributed by atoms with Crippen LogP contribution in [0.1, 0.15) is 96.5 Å². The highest BCUT2D eigenvalue weighted by atomic mass is 16.5. The van der Waals surface area contributed by atoms with Crippen molar-refractivity contribution < 1.29 is 9.53 Å². The molecular formula is C21H35N5O3. The summed E-state index contributed by atoms with van der Waals surface area (Å²) < 4.78 is 7.14. The lowest BCUT2D eigenvalue weighted by Gasteiger charge is -2.21. The number of aryl methyl sites for hydroxylation is 1. The minimum Gasteiger partial charge on any atom is -0.465 e. The van der Waals surface area contributed by atoms with Crippen molar-refractivity contribution in [1.29, 1.82) is 0 Å². The zero-order valence-electron chi connectivity index (χ0n) is 18.3. The Hall–Kier alpha value is -2.25. The van der Waals surface area contributed by atoms with Gasteiger partial charge in [-0.25, -0.2) is 4.52 Å². The lowest BCUT2D eigenvalue weighted by Crippen LogP contribution is -2.29. The van der Waals surface area contributed by atoms with Crippen LogP contribution in [0.2, 0.25) is 0 Å². The van der Waals surface area contributed by atoms with Crippen molar-refractivity contribution in [2.75, 3.05) is 6.61 Å². The van der Waals surface area contributed by atoms with Crippen molar-refractivity contribution in [2.45, 2.75) is 97.3 Å². The number of nitroso groups, excluding NO2 is 1. The van der Waals surface area contributed by atoms with Gasteiger partial charge in [0.15, 0.2) is 11.5 Å². The first kappa shape index (κ1) is 23.0. The average molecular weight is 406 g/mol. The van der Waals surface area contributed by atoms with Gasteiger partial charge in [-0.2, -0.15) is 0 Å². The summed E-state index contributed by atoms with van der Waals surface area (Å²) in [6.45, 7) is 8.05. The largest absolute Gasteiger partial charge is 0.465 e. The number of aromatic amines is 1. The molecule has 0 saturated heterocycles. The second kappa shape index (κ2) is 11.1. The molecule has 2 aromatic heterocycles. The third kappa shape index (κ3) is 6.37. The van der Waals surface area contributed by atoms with Crippen LogP contribution in [-0.4, -0.2) is 32.4 Å². The molecule has 0 aliphatic heterocycles. The van der Waals surface area contributed by atoms with Gasteiger partial charge in [0.2, 0.25) is 5.65 Å². The Labute approximate surface area is 172 Å². The molecule has 29 heavy (non-hydrogen) atoms. The second-order valence-corrected chi connectivity index (χ2v) is 8.48. The zero-order valence-corrected chi connectivity index (χ0v) is 18.3. The van der Waals surface area contributed by atoms with Crippen LogP contribution in [0.4, 0.5) is 5.69 Å². The molecule has 2 aromatic rings. The van der Waals surface area contributed by atoms with Gasteiger partial charge >= 0.3 is 5.97 Å². The highest BCUT2D eigenvalue weighted by Gasteiger charge is 2.30. The number of hydrogen-bond acceptors (Lipinski definition) is 6. The highest BCUT2D eigenvalue weighted by Crippen LogP contribution is 2.28. The number of rotatable bonds is 14. The third-order valence-corrected chi connectivity index (χ3v) is 5.28. The van der Waals surface area contributed by atoms with Crippen LogP contribution in [0.15, 0.2) is 5.18 Å². The molecule has 1 N–H and O–H groups in total. The van der Waals surface area contributed by atoms with Crippen molar-refractivity contribution >= 4 is 17.3 Å². The first-order valence-electron chi connectivity index (χ1n) is 10.8. The van der Waals surface area contributed by atoms with E-state index in [2.05, 4.69) is 27.4 Å². The number of H-pyrrole nitrogens is 1.